The maximum atomic E-state index is 13.0. The molecule has 0 radical (unpaired) electrons. The number of aromatic nitrogens is 2. The molecular weight excluding hydrogens is 485 g/mol. The van der Waals surface area contributed by atoms with Crippen LogP contribution in [0.15, 0.2) is 90.4 Å². The Balaban J connectivity index is 1.76. The number of carbonyl (C=O) groups excluding carboxylic acids is 1. The lowest BCUT2D eigenvalue weighted by atomic mass is 9.77. The number of nitrogens with zero attached hydrogens (tertiary/aromatic N) is 3. The number of ether oxygens (including phenoxy) is 2. The van der Waals surface area contributed by atoms with Gasteiger partial charge in [-0.2, -0.15) is 13.2 Å². The molecule has 2 heterocycles. The molecule has 1 unspecified atom stereocenters. The summed E-state index contributed by atoms with van der Waals surface area (Å²) in [6.45, 7) is 0. The molecule has 1 aromatic heterocycles. The second kappa shape index (κ2) is 9.05. The lowest BCUT2D eigenvalue weighted by Crippen LogP contribution is -2.28. The quantitative estimate of drug-likeness (QED) is 0.314. The molecule has 5 rings (SSSR count). The molecule has 2 N–H and O–H groups in total. The lowest BCUT2D eigenvalue weighted by molar-refractivity contribution is -0.189. The average molecular weight is 504 g/mol. The molecule has 10 heteroatoms. The van der Waals surface area contributed by atoms with Crippen molar-refractivity contribution in [2.75, 3.05) is 7.11 Å². The molecule has 0 fully saturated rings. The Hall–Kier alpha value is -4.73. The Morgan fingerprint density at radius 3 is 2.27 bits per heavy atom. The summed E-state index contributed by atoms with van der Waals surface area (Å²) in [5, 5.41) is 0. The standard InChI is InChI=1S/C27H19F3N4O3/c1-36-19-9-6-17(7-10-19)26(22-5-3-2-4-20(22)24(31)34-26)18-8-11-23(37-25(35)27(28,29)30)21(12-18)16-13-32-15-33-14-16/h2-15H,1H3,(H2,31,34). The van der Waals surface area contributed by atoms with E-state index in [4.69, 9.17) is 20.2 Å². The number of benzene rings is 3. The van der Waals surface area contributed by atoms with E-state index in [1.807, 2.05) is 36.4 Å². The van der Waals surface area contributed by atoms with Gasteiger partial charge in [0.2, 0.25) is 0 Å². The third-order valence-electron chi connectivity index (χ3n) is 6.09. The van der Waals surface area contributed by atoms with Crippen molar-refractivity contribution in [1.82, 2.24) is 9.97 Å². The summed E-state index contributed by atoms with van der Waals surface area (Å²) < 4.78 is 49.1. The number of amidine groups is 1. The van der Waals surface area contributed by atoms with E-state index in [-0.39, 0.29) is 11.3 Å². The molecule has 0 aliphatic carbocycles. The van der Waals surface area contributed by atoms with Crippen molar-refractivity contribution in [3.05, 3.63) is 108 Å². The first kappa shape index (κ1) is 24.0. The molecular formula is C27H19F3N4O3. The Kier molecular flexibility index (Phi) is 5.87. The van der Waals surface area contributed by atoms with Gasteiger partial charge >= 0.3 is 12.1 Å². The smallest absolute Gasteiger partial charge is 0.491 e. The van der Waals surface area contributed by atoms with Gasteiger partial charge in [0, 0.05) is 29.1 Å². The number of rotatable bonds is 5. The van der Waals surface area contributed by atoms with Crippen LogP contribution in [0.5, 0.6) is 11.5 Å². The van der Waals surface area contributed by atoms with E-state index in [1.54, 1.807) is 31.4 Å². The lowest BCUT2D eigenvalue weighted by Gasteiger charge is -2.30. The summed E-state index contributed by atoms with van der Waals surface area (Å²) in [6.07, 6.45) is -1.06. The molecule has 0 spiro atoms. The van der Waals surface area contributed by atoms with Crippen molar-refractivity contribution in [1.29, 1.82) is 0 Å². The third kappa shape index (κ3) is 4.16. The van der Waals surface area contributed by atoms with Crippen molar-refractivity contribution < 1.29 is 27.4 Å². The monoisotopic (exact) mass is 504 g/mol. The predicted octanol–water partition coefficient (Wildman–Crippen LogP) is 4.63. The third-order valence-corrected chi connectivity index (χ3v) is 6.09. The number of methoxy groups -OCH3 is 1. The van der Waals surface area contributed by atoms with Gasteiger partial charge < -0.3 is 15.2 Å². The topological polar surface area (TPSA) is 99.7 Å². The molecule has 1 atom stereocenters. The van der Waals surface area contributed by atoms with E-state index in [0.717, 1.165) is 16.7 Å². The molecule has 37 heavy (non-hydrogen) atoms. The number of esters is 1. The summed E-state index contributed by atoms with van der Waals surface area (Å²) in [7, 11) is 1.56. The van der Waals surface area contributed by atoms with Crippen molar-refractivity contribution >= 4 is 11.8 Å². The maximum Gasteiger partial charge on any atom is 0.491 e. The maximum absolute atomic E-state index is 13.0. The van der Waals surface area contributed by atoms with Gasteiger partial charge in [0.05, 0.1) is 7.11 Å². The van der Waals surface area contributed by atoms with Gasteiger partial charge in [-0.1, -0.05) is 42.5 Å². The largest absolute Gasteiger partial charge is 0.497 e. The molecule has 0 amide bonds. The Labute approximate surface area is 209 Å². The summed E-state index contributed by atoms with van der Waals surface area (Å²) in [5.41, 5.74) is 8.60. The van der Waals surface area contributed by atoms with Crippen LogP contribution in [0.2, 0.25) is 0 Å². The van der Waals surface area contributed by atoms with Gasteiger partial charge in [0.1, 0.15) is 29.2 Å². The predicted molar refractivity (Wildman–Crippen MR) is 129 cm³/mol. The minimum Gasteiger partial charge on any atom is -0.497 e. The Morgan fingerprint density at radius 1 is 0.919 bits per heavy atom. The Morgan fingerprint density at radius 2 is 1.59 bits per heavy atom. The summed E-state index contributed by atoms with van der Waals surface area (Å²) >= 11 is 0. The SMILES string of the molecule is COc1ccc(C2(c3ccc(OC(=O)C(F)(F)F)c(-c4cncnc4)c3)N=C(N)c3ccccc32)cc1. The zero-order valence-electron chi connectivity index (χ0n) is 19.4. The van der Waals surface area contributed by atoms with Crippen molar-refractivity contribution in [2.45, 2.75) is 11.7 Å². The molecule has 4 aromatic rings. The van der Waals surface area contributed by atoms with Crippen LogP contribution in [-0.4, -0.2) is 35.1 Å². The first-order valence-corrected chi connectivity index (χ1v) is 11.0. The van der Waals surface area contributed by atoms with Crippen molar-refractivity contribution in [3.8, 4) is 22.6 Å². The summed E-state index contributed by atoms with van der Waals surface area (Å²) in [5.74, 6) is -1.69. The highest BCUT2D eigenvalue weighted by atomic mass is 19.4. The highest BCUT2D eigenvalue weighted by Crippen LogP contribution is 2.48. The summed E-state index contributed by atoms with van der Waals surface area (Å²) in [4.78, 5) is 24.5. The molecule has 3 aromatic carbocycles. The zero-order chi connectivity index (χ0) is 26.2. The van der Waals surface area contributed by atoms with E-state index in [9.17, 15) is 18.0 Å². The van der Waals surface area contributed by atoms with Gasteiger partial charge in [-0.3, -0.25) is 0 Å². The van der Waals surface area contributed by atoms with Crippen LogP contribution >= 0.6 is 0 Å². The number of hydrogen-bond acceptors (Lipinski definition) is 7. The first-order chi connectivity index (χ1) is 17.7. The normalized spacial score (nSPS) is 16.6. The number of alkyl halides is 3. The van der Waals surface area contributed by atoms with Crippen molar-refractivity contribution in [2.24, 2.45) is 10.7 Å². The second-order valence-corrected chi connectivity index (χ2v) is 8.21. The van der Waals surface area contributed by atoms with Gasteiger partial charge in [0.25, 0.3) is 0 Å². The van der Waals surface area contributed by atoms with E-state index in [2.05, 4.69) is 9.97 Å². The van der Waals surface area contributed by atoms with Gasteiger partial charge in [-0.15, -0.1) is 0 Å². The van der Waals surface area contributed by atoms with E-state index in [0.29, 0.717) is 22.7 Å². The number of nitrogens with two attached hydrogens (primary N) is 1. The van der Waals surface area contributed by atoms with Crippen LogP contribution in [0.1, 0.15) is 22.3 Å². The fourth-order valence-corrected chi connectivity index (χ4v) is 4.43. The second-order valence-electron chi connectivity index (χ2n) is 8.21. The first-order valence-electron chi connectivity index (χ1n) is 11.0. The fraction of sp³-hybridized carbons (Fsp3) is 0.111. The van der Waals surface area contributed by atoms with Gasteiger partial charge in [-0.25, -0.2) is 19.8 Å². The van der Waals surface area contributed by atoms with E-state index >= 15 is 0 Å². The number of aliphatic imine (C=N–C) groups is 1. The number of fused-ring (bicyclic) bond motifs is 1. The number of hydrogen-bond donors (Lipinski definition) is 1. The van der Waals surface area contributed by atoms with Crippen LogP contribution in [0.25, 0.3) is 11.1 Å². The molecule has 0 bridgehead atoms. The minimum absolute atomic E-state index is 0.182. The summed E-state index contributed by atoms with van der Waals surface area (Å²) in [6, 6.07) is 19.2. The van der Waals surface area contributed by atoms with Gasteiger partial charge in [-0.05, 0) is 41.0 Å². The molecule has 0 saturated carbocycles. The van der Waals surface area contributed by atoms with Crippen LogP contribution < -0.4 is 15.2 Å². The highest BCUT2D eigenvalue weighted by molar-refractivity contribution is 6.03. The number of halogens is 3. The van der Waals surface area contributed by atoms with E-state index in [1.165, 1.54) is 24.8 Å². The zero-order valence-corrected chi connectivity index (χ0v) is 19.4. The minimum atomic E-state index is -5.17. The average Bonchev–Trinajstić information content (AvgIpc) is 3.22. The van der Waals surface area contributed by atoms with E-state index < -0.39 is 17.7 Å². The molecule has 186 valence electrons. The highest BCUT2D eigenvalue weighted by Gasteiger charge is 2.44. The van der Waals surface area contributed by atoms with Crippen LogP contribution in [0.4, 0.5) is 13.2 Å². The van der Waals surface area contributed by atoms with Gasteiger partial charge in [0.15, 0.2) is 0 Å². The molecule has 1 aliphatic rings. The fourth-order valence-electron chi connectivity index (χ4n) is 4.43. The van der Waals surface area contributed by atoms with Crippen LogP contribution in [0.3, 0.4) is 0 Å². The Bertz CT molecular complexity index is 1510. The van der Waals surface area contributed by atoms with Crippen LogP contribution in [-0.2, 0) is 10.3 Å². The molecule has 7 nitrogen and oxygen atoms in total. The van der Waals surface area contributed by atoms with Crippen LogP contribution in [0, 0.1) is 0 Å². The number of carbonyl (C=O) groups is 1. The molecule has 0 saturated heterocycles. The van der Waals surface area contributed by atoms with Crippen molar-refractivity contribution in [3.63, 3.8) is 0 Å². The molecule has 1 aliphatic heterocycles.